The zero-order chi connectivity index (χ0) is 13.0. The van der Waals surface area contributed by atoms with E-state index in [1.165, 1.54) is 0 Å². The van der Waals surface area contributed by atoms with Crippen LogP contribution in [0.1, 0.15) is 35.4 Å². The summed E-state index contributed by atoms with van der Waals surface area (Å²) in [5, 5.41) is 3.35. The molecule has 0 radical (unpaired) electrons. The standard InChI is InChI=1S/C13H20N4O/c1-10-8-16-12(9-15-10)13(18)17(2)11-4-3-6-14-7-5-11/h8-9,11,14H,3-7H2,1-2H3. The molecule has 1 aliphatic rings. The van der Waals surface area contributed by atoms with Crippen LogP contribution < -0.4 is 5.32 Å². The Morgan fingerprint density at radius 2 is 2.17 bits per heavy atom. The second-order valence-corrected chi connectivity index (χ2v) is 4.79. The van der Waals surface area contributed by atoms with Gasteiger partial charge in [0.1, 0.15) is 5.69 Å². The van der Waals surface area contributed by atoms with Gasteiger partial charge in [-0.25, -0.2) is 4.98 Å². The Kier molecular flexibility index (Phi) is 4.25. The molecule has 2 rings (SSSR count). The van der Waals surface area contributed by atoms with Crippen LogP contribution in [0.5, 0.6) is 0 Å². The second kappa shape index (κ2) is 5.91. The van der Waals surface area contributed by atoms with Gasteiger partial charge in [-0.15, -0.1) is 0 Å². The number of carbonyl (C=O) groups is 1. The summed E-state index contributed by atoms with van der Waals surface area (Å²) < 4.78 is 0. The van der Waals surface area contributed by atoms with Crippen LogP contribution in [0, 0.1) is 6.92 Å². The lowest BCUT2D eigenvalue weighted by molar-refractivity contribution is 0.0714. The van der Waals surface area contributed by atoms with Crippen molar-refractivity contribution in [2.45, 2.75) is 32.2 Å². The van der Waals surface area contributed by atoms with Crippen molar-refractivity contribution in [3.05, 3.63) is 23.8 Å². The zero-order valence-electron chi connectivity index (χ0n) is 11.0. The third-order valence-electron chi connectivity index (χ3n) is 3.41. The number of hydrogen-bond acceptors (Lipinski definition) is 4. The van der Waals surface area contributed by atoms with Gasteiger partial charge in [0, 0.05) is 19.3 Å². The molecule has 98 valence electrons. The molecule has 0 saturated carbocycles. The number of hydrogen-bond donors (Lipinski definition) is 1. The minimum atomic E-state index is -0.0330. The minimum absolute atomic E-state index is 0.0330. The Balaban J connectivity index is 2.05. The number of amides is 1. The molecule has 2 heterocycles. The number of aryl methyl sites for hydroxylation is 1. The quantitative estimate of drug-likeness (QED) is 0.848. The Labute approximate surface area is 108 Å². The summed E-state index contributed by atoms with van der Waals surface area (Å²) in [6, 6.07) is 0.301. The first-order valence-electron chi connectivity index (χ1n) is 6.45. The fraction of sp³-hybridized carbons (Fsp3) is 0.615. The van der Waals surface area contributed by atoms with E-state index in [-0.39, 0.29) is 5.91 Å². The van der Waals surface area contributed by atoms with E-state index < -0.39 is 0 Å². The van der Waals surface area contributed by atoms with Gasteiger partial charge < -0.3 is 10.2 Å². The topological polar surface area (TPSA) is 58.1 Å². The van der Waals surface area contributed by atoms with E-state index in [1.807, 2.05) is 18.9 Å². The third-order valence-corrected chi connectivity index (χ3v) is 3.41. The molecule has 0 spiro atoms. The van der Waals surface area contributed by atoms with Crippen molar-refractivity contribution in [2.24, 2.45) is 0 Å². The lowest BCUT2D eigenvalue weighted by Crippen LogP contribution is -2.38. The molecular formula is C13H20N4O. The van der Waals surface area contributed by atoms with E-state index in [0.717, 1.165) is 38.0 Å². The van der Waals surface area contributed by atoms with Crippen molar-refractivity contribution >= 4 is 5.91 Å². The largest absolute Gasteiger partial charge is 0.337 e. The van der Waals surface area contributed by atoms with Crippen LogP contribution in [0.3, 0.4) is 0 Å². The van der Waals surface area contributed by atoms with Crippen molar-refractivity contribution in [1.29, 1.82) is 0 Å². The number of nitrogens with zero attached hydrogens (tertiary/aromatic N) is 3. The van der Waals surface area contributed by atoms with Gasteiger partial charge in [0.2, 0.25) is 0 Å². The van der Waals surface area contributed by atoms with E-state index in [1.54, 1.807) is 12.4 Å². The highest BCUT2D eigenvalue weighted by Gasteiger charge is 2.22. The van der Waals surface area contributed by atoms with Gasteiger partial charge in [-0.1, -0.05) is 0 Å². The number of rotatable bonds is 2. The van der Waals surface area contributed by atoms with Gasteiger partial charge in [0.25, 0.3) is 5.91 Å². The molecular weight excluding hydrogens is 228 g/mol. The molecule has 1 aromatic heterocycles. The van der Waals surface area contributed by atoms with Crippen LogP contribution in [0.4, 0.5) is 0 Å². The van der Waals surface area contributed by atoms with Gasteiger partial charge in [0.15, 0.2) is 0 Å². The first-order valence-corrected chi connectivity index (χ1v) is 6.45. The molecule has 1 atom stereocenters. The van der Waals surface area contributed by atoms with E-state index in [2.05, 4.69) is 15.3 Å². The summed E-state index contributed by atoms with van der Waals surface area (Å²) >= 11 is 0. The Hall–Kier alpha value is -1.49. The summed E-state index contributed by atoms with van der Waals surface area (Å²) in [6.45, 7) is 3.88. The first kappa shape index (κ1) is 13.0. The molecule has 0 bridgehead atoms. The Morgan fingerprint density at radius 1 is 1.33 bits per heavy atom. The monoisotopic (exact) mass is 248 g/mol. The summed E-state index contributed by atoms with van der Waals surface area (Å²) in [4.78, 5) is 22.4. The molecule has 1 N–H and O–H groups in total. The van der Waals surface area contributed by atoms with Gasteiger partial charge in [-0.2, -0.15) is 0 Å². The molecule has 18 heavy (non-hydrogen) atoms. The predicted octanol–water partition coefficient (Wildman–Crippen LogP) is 0.999. The molecule has 1 fully saturated rings. The summed E-state index contributed by atoms with van der Waals surface area (Å²) in [5.41, 5.74) is 1.26. The molecule has 5 nitrogen and oxygen atoms in total. The van der Waals surface area contributed by atoms with Crippen LogP contribution in [0.25, 0.3) is 0 Å². The zero-order valence-corrected chi connectivity index (χ0v) is 11.0. The highest BCUT2D eigenvalue weighted by molar-refractivity contribution is 5.92. The molecule has 5 heteroatoms. The molecule has 1 unspecified atom stereocenters. The molecule has 1 amide bonds. The Bertz CT molecular complexity index is 396. The minimum Gasteiger partial charge on any atom is -0.337 e. The predicted molar refractivity (Wildman–Crippen MR) is 69.4 cm³/mol. The van der Waals surface area contributed by atoms with Crippen molar-refractivity contribution in [3.8, 4) is 0 Å². The lowest BCUT2D eigenvalue weighted by Gasteiger charge is -2.26. The van der Waals surface area contributed by atoms with Gasteiger partial charge in [-0.3, -0.25) is 9.78 Å². The van der Waals surface area contributed by atoms with Gasteiger partial charge in [0.05, 0.1) is 11.9 Å². The van der Waals surface area contributed by atoms with E-state index in [0.29, 0.717) is 11.7 Å². The normalized spacial score (nSPS) is 20.2. The molecule has 0 aliphatic carbocycles. The molecule has 1 aliphatic heterocycles. The summed E-state index contributed by atoms with van der Waals surface area (Å²) in [5.74, 6) is -0.0330. The summed E-state index contributed by atoms with van der Waals surface area (Å²) in [7, 11) is 1.86. The second-order valence-electron chi connectivity index (χ2n) is 4.79. The van der Waals surface area contributed by atoms with Crippen LogP contribution >= 0.6 is 0 Å². The van der Waals surface area contributed by atoms with Crippen LogP contribution in [-0.2, 0) is 0 Å². The van der Waals surface area contributed by atoms with E-state index in [9.17, 15) is 4.79 Å². The number of nitrogens with one attached hydrogen (secondary N) is 1. The Morgan fingerprint density at radius 3 is 2.89 bits per heavy atom. The smallest absolute Gasteiger partial charge is 0.274 e. The van der Waals surface area contributed by atoms with Gasteiger partial charge in [-0.05, 0) is 39.3 Å². The van der Waals surface area contributed by atoms with Crippen molar-refractivity contribution in [2.75, 3.05) is 20.1 Å². The summed E-state index contributed by atoms with van der Waals surface area (Å²) in [6.07, 6.45) is 6.36. The average Bonchev–Trinajstić information content (AvgIpc) is 2.67. The van der Waals surface area contributed by atoms with Crippen LogP contribution in [0.2, 0.25) is 0 Å². The molecule has 1 aromatic rings. The number of aromatic nitrogens is 2. The highest BCUT2D eigenvalue weighted by atomic mass is 16.2. The van der Waals surface area contributed by atoms with E-state index >= 15 is 0 Å². The fourth-order valence-electron chi connectivity index (χ4n) is 2.24. The lowest BCUT2D eigenvalue weighted by atomic mass is 10.1. The molecule has 0 aromatic carbocycles. The maximum atomic E-state index is 12.3. The third kappa shape index (κ3) is 3.04. The average molecular weight is 248 g/mol. The SMILES string of the molecule is Cc1cnc(C(=O)N(C)C2CCCNCC2)cn1. The van der Waals surface area contributed by atoms with Crippen molar-refractivity contribution in [1.82, 2.24) is 20.2 Å². The number of carbonyl (C=O) groups excluding carboxylic acids is 1. The maximum absolute atomic E-state index is 12.3. The van der Waals surface area contributed by atoms with Gasteiger partial charge >= 0.3 is 0 Å². The van der Waals surface area contributed by atoms with Crippen molar-refractivity contribution < 1.29 is 4.79 Å². The molecule has 1 saturated heterocycles. The maximum Gasteiger partial charge on any atom is 0.274 e. The van der Waals surface area contributed by atoms with E-state index in [4.69, 9.17) is 0 Å². The van der Waals surface area contributed by atoms with Crippen LogP contribution in [0.15, 0.2) is 12.4 Å². The first-order chi connectivity index (χ1) is 8.68. The highest BCUT2D eigenvalue weighted by Crippen LogP contribution is 2.13. The fourth-order valence-corrected chi connectivity index (χ4v) is 2.24. The van der Waals surface area contributed by atoms with Crippen molar-refractivity contribution in [3.63, 3.8) is 0 Å². The van der Waals surface area contributed by atoms with Crippen LogP contribution in [-0.4, -0.2) is 47.0 Å².